The number of aliphatic hydroxyl groups is 1. The Labute approximate surface area is 204 Å². The van der Waals surface area contributed by atoms with Crippen LogP contribution in [0.25, 0.3) is 5.76 Å². The number of carbonyl (C=O) groups is 2. The Morgan fingerprint density at radius 2 is 1.91 bits per heavy atom. The zero-order chi connectivity index (χ0) is 24.7. The van der Waals surface area contributed by atoms with Gasteiger partial charge < -0.3 is 14.7 Å². The zero-order valence-electron chi connectivity index (χ0n) is 20.1. The molecule has 3 heterocycles. The molecule has 0 bridgehead atoms. The number of hydrogen-bond acceptors (Lipinski definition) is 5. The van der Waals surface area contributed by atoms with Crippen LogP contribution in [0.3, 0.4) is 0 Å². The maximum Gasteiger partial charge on any atom is 0.295 e. The highest BCUT2D eigenvalue weighted by molar-refractivity contribution is 6.46. The number of Topliss-reactive ketones (excluding diaryl/α,β-unsaturated/α-hetero) is 1. The molecule has 2 atom stereocenters. The zero-order valence-corrected chi connectivity index (χ0v) is 20.1. The Morgan fingerprint density at radius 3 is 2.60 bits per heavy atom. The molecule has 1 amide bonds. The first-order chi connectivity index (χ1) is 16.8. The van der Waals surface area contributed by atoms with Gasteiger partial charge in [0.05, 0.1) is 11.6 Å². The molecule has 5 rings (SSSR count). The SMILES string of the molecule is CC(C)c1ccc([C@H]2/C(=C(\O)c3ccc4c(c3)C[C@H](C)O4)C(=O)C(=O)N2Cc2cccnc2)cc1. The Bertz CT molecular complexity index is 1310. The van der Waals surface area contributed by atoms with Gasteiger partial charge in [-0.2, -0.15) is 0 Å². The number of ketones is 1. The quantitative estimate of drug-likeness (QED) is 0.318. The third kappa shape index (κ3) is 4.20. The first kappa shape index (κ1) is 22.8. The second-order valence-corrected chi connectivity index (χ2v) is 9.56. The van der Waals surface area contributed by atoms with Crippen LogP contribution < -0.4 is 4.74 Å². The van der Waals surface area contributed by atoms with Crippen molar-refractivity contribution in [2.45, 2.75) is 51.8 Å². The van der Waals surface area contributed by atoms with Gasteiger partial charge in [-0.3, -0.25) is 14.6 Å². The van der Waals surface area contributed by atoms with Gasteiger partial charge in [-0.1, -0.05) is 44.2 Å². The van der Waals surface area contributed by atoms with Crippen molar-refractivity contribution in [2.75, 3.05) is 0 Å². The van der Waals surface area contributed by atoms with Crippen molar-refractivity contribution in [3.8, 4) is 5.75 Å². The first-order valence-electron chi connectivity index (χ1n) is 11.9. The summed E-state index contributed by atoms with van der Waals surface area (Å²) in [5.74, 6) is -0.355. The van der Waals surface area contributed by atoms with Gasteiger partial charge in [0.15, 0.2) is 0 Å². The molecule has 3 aromatic rings. The van der Waals surface area contributed by atoms with Crippen molar-refractivity contribution in [3.63, 3.8) is 0 Å². The van der Waals surface area contributed by atoms with Crippen LogP contribution in [-0.4, -0.2) is 32.8 Å². The molecule has 1 saturated heterocycles. The van der Waals surface area contributed by atoms with E-state index in [1.54, 1.807) is 24.5 Å². The molecule has 1 N–H and O–H groups in total. The number of likely N-dealkylation sites (tertiary alicyclic amines) is 1. The average Bonchev–Trinajstić information content (AvgIpc) is 3.35. The van der Waals surface area contributed by atoms with Gasteiger partial charge in [0.1, 0.15) is 17.6 Å². The van der Waals surface area contributed by atoms with E-state index in [4.69, 9.17) is 4.74 Å². The third-order valence-electron chi connectivity index (χ3n) is 6.70. The summed E-state index contributed by atoms with van der Waals surface area (Å²) in [6.45, 7) is 6.43. The minimum Gasteiger partial charge on any atom is -0.507 e. The summed E-state index contributed by atoms with van der Waals surface area (Å²) in [6, 6.07) is 16.3. The monoisotopic (exact) mass is 468 g/mol. The molecule has 1 aromatic heterocycles. The minimum atomic E-state index is -0.708. The molecule has 178 valence electrons. The van der Waals surface area contributed by atoms with E-state index < -0.39 is 17.7 Å². The first-order valence-corrected chi connectivity index (χ1v) is 11.9. The van der Waals surface area contributed by atoms with Crippen molar-refractivity contribution in [2.24, 2.45) is 0 Å². The Balaban J connectivity index is 1.62. The van der Waals surface area contributed by atoms with E-state index in [0.717, 1.165) is 34.4 Å². The number of pyridine rings is 1. The lowest BCUT2D eigenvalue weighted by Gasteiger charge is -2.25. The molecule has 35 heavy (non-hydrogen) atoms. The topological polar surface area (TPSA) is 79.7 Å². The highest BCUT2D eigenvalue weighted by Gasteiger charge is 2.46. The summed E-state index contributed by atoms with van der Waals surface area (Å²) in [6.07, 6.45) is 4.14. The molecule has 6 nitrogen and oxygen atoms in total. The number of fused-ring (bicyclic) bond motifs is 1. The number of aromatic nitrogens is 1. The maximum absolute atomic E-state index is 13.3. The van der Waals surface area contributed by atoms with Crippen LogP contribution in [0.2, 0.25) is 0 Å². The molecule has 0 radical (unpaired) electrons. The highest BCUT2D eigenvalue weighted by atomic mass is 16.5. The van der Waals surface area contributed by atoms with Crippen molar-refractivity contribution in [1.29, 1.82) is 0 Å². The minimum absolute atomic E-state index is 0.0620. The fourth-order valence-electron chi connectivity index (χ4n) is 4.87. The number of hydrogen-bond donors (Lipinski definition) is 1. The van der Waals surface area contributed by atoms with E-state index in [9.17, 15) is 14.7 Å². The third-order valence-corrected chi connectivity index (χ3v) is 6.70. The molecule has 0 spiro atoms. The van der Waals surface area contributed by atoms with Crippen LogP contribution in [0, 0.1) is 0 Å². The molecule has 0 unspecified atom stereocenters. The van der Waals surface area contributed by atoms with Crippen LogP contribution >= 0.6 is 0 Å². The Hall–Kier alpha value is -3.93. The van der Waals surface area contributed by atoms with Crippen LogP contribution in [0.4, 0.5) is 0 Å². The van der Waals surface area contributed by atoms with E-state index >= 15 is 0 Å². The Kier molecular flexibility index (Phi) is 5.89. The van der Waals surface area contributed by atoms with Crippen LogP contribution in [0.15, 0.2) is 72.6 Å². The average molecular weight is 469 g/mol. The highest BCUT2D eigenvalue weighted by Crippen LogP contribution is 2.41. The predicted molar refractivity (Wildman–Crippen MR) is 133 cm³/mol. The van der Waals surface area contributed by atoms with Crippen LogP contribution in [0.1, 0.15) is 60.5 Å². The van der Waals surface area contributed by atoms with Crippen molar-refractivity contribution in [1.82, 2.24) is 9.88 Å². The van der Waals surface area contributed by atoms with Gasteiger partial charge in [-0.15, -0.1) is 0 Å². The second-order valence-electron chi connectivity index (χ2n) is 9.56. The number of amides is 1. The molecular formula is C29H28N2O4. The maximum atomic E-state index is 13.3. The number of carbonyl (C=O) groups excluding carboxylic acids is 2. The normalized spacial score (nSPS) is 20.9. The van der Waals surface area contributed by atoms with Gasteiger partial charge in [0.25, 0.3) is 11.7 Å². The predicted octanol–water partition coefficient (Wildman–Crippen LogP) is 5.15. The van der Waals surface area contributed by atoms with Crippen LogP contribution in [-0.2, 0) is 22.6 Å². The van der Waals surface area contributed by atoms with Crippen molar-refractivity contribution in [3.05, 3.63) is 100 Å². The van der Waals surface area contributed by atoms with Gasteiger partial charge >= 0.3 is 0 Å². The van der Waals surface area contributed by atoms with Gasteiger partial charge in [0.2, 0.25) is 0 Å². The summed E-state index contributed by atoms with van der Waals surface area (Å²) in [5, 5.41) is 11.4. The molecule has 1 fully saturated rings. The fraction of sp³-hybridized carbons (Fsp3) is 0.276. The molecule has 2 aliphatic heterocycles. The lowest BCUT2D eigenvalue weighted by molar-refractivity contribution is -0.140. The number of ether oxygens (including phenoxy) is 1. The van der Waals surface area contributed by atoms with Gasteiger partial charge in [0, 0.05) is 30.9 Å². The fourth-order valence-corrected chi connectivity index (χ4v) is 4.87. The second kappa shape index (κ2) is 9.02. The van der Waals surface area contributed by atoms with E-state index in [2.05, 4.69) is 18.8 Å². The largest absolute Gasteiger partial charge is 0.507 e. The smallest absolute Gasteiger partial charge is 0.295 e. The number of aliphatic hydroxyl groups excluding tert-OH is 1. The molecular weight excluding hydrogens is 440 g/mol. The molecule has 0 saturated carbocycles. The summed E-state index contributed by atoms with van der Waals surface area (Å²) < 4.78 is 5.78. The standard InChI is InChI=1S/C29H28N2O4/c1-17(2)20-6-8-21(9-7-20)26-25(27(32)22-10-11-24-23(14-22)13-18(3)35-24)28(33)29(34)31(26)16-19-5-4-12-30-15-19/h4-12,14-15,17-18,26,32H,13,16H2,1-3H3/b27-25+/t18-,26-/m0/s1. The molecule has 2 aliphatic rings. The molecule has 2 aromatic carbocycles. The number of nitrogens with zero attached hydrogens (tertiary/aromatic N) is 2. The van der Waals surface area contributed by atoms with Gasteiger partial charge in [-0.05, 0) is 59.4 Å². The van der Waals surface area contributed by atoms with E-state index in [1.165, 1.54) is 4.90 Å². The number of benzene rings is 2. The molecule has 0 aliphatic carbocycles. The Morgan fingerprint density at radius 1 is 1.14 bits per heavy atom. The summed E-state index contributed by atoms with van der Waals surface area (Å²) >= 11 is 0. The lowest BCUT2D eigenvalue weighted by Crippen LogP contribution is -2.29. The van der Waals surface area contributed by atoms with Crippen molar-refractivity contribution >= 4 is 17.4 Å². The van der Waals surface area contributed by atoms with E-state index in [0.29, 0.717) is 11.5 Å². The lowest BCUT2D eigenvalue weighted by atomic mass is 9.92. The van der Waals surface area contributed by atoms with Gasteiger partial charge in [-0.25, -0.2) is 0 Å². The number of rotatable bonds is 5. The van der Waals surface area contributed by atoms with Crippen molar-refractivity contribution < 1.29 is 19.4 Å². The summed E-state index contributed by atoms with van der Waals surface area (Å²) in [5.41, 5.74) is 4.32. The van der Waals surface area contributed by atoms with E-state index in [1.807, 2.05) is 49.4 Å². The summed E-state index contributed by atoms with van der Waals surface area (Å²) in [7, 11) is 0. The van der Waals surface area contributed by atoms with E-state index in [-0.39, 0.29) is 24.0 Å². The summed E-state index contributed by atoms with van der Waals surface area (Å²) in [4.78, 5) is 32.2. The molecule has 6 heteroatoms. The van der Waals surface area contributed by atoms with Crippen LogP contribution in [0.5, 0.6) is 5.75 Å².